The van der Waals surface area contributed by atoms with Gasteiger partial charge in [-0.1, -0.05) is 30.3 Å². The number of halogens is 2. The van der Waals surface area contributed by atoms with Gasteiger partial charge in [-0.25, -0.2) is 8.78 Å². The van der Waals surface area contributed by atoms with Crippen LogP contribution in [0, 0.1) is 11.6 Å². The average Bonchev–Trinajstić information content (AvgIpc) is 2.71. The van der Waals surface area contributed by atoms with E-state index in [1.807, 2.05) is 12.1 Å². The van der Waals surface area contributed by atoms with Gasteiger partial charge in [0.15, 0.2) is 0 Å². The van der Waals surface area contributed by atoms with E-state index < -0.39 is 17.5 Å². The summed E-state index contributed by atoms with van der Waals surface area (Å²) in [5.74, 6) is -1.91. The fraction of sp³-hybridized carbons (Fsp3) is 0.174. The van der Waals surface area contributed by atoms with E-state index in [0.717, 1.165) is 43.6 Å². The number of hydrogen-bond acceptors (Lipinski definition) is 2. The molecular formula is C23H20F2N2O. The molecule has 0 atom stereocenters. The van der Waals surface area contributed by atoms with Crippen molar-refractivity contribution in [3.63, 3.8) is 0 Å². The Morgan fingerprint density at radius 2 is 1.79 bits per heavy atom. The third-order valence-electron chi connectivity index (χ3n) is 4.98. The predicted octanol–water partition coefficient (Wildman–Crippen LogP) is 5.17. The lowest BCUT2D eigenvalue weighted by atomic mass is 10.0. The van der Waals surface area contributed by atoms with Crippen molar-refractivity contribution in [1.82, 2.24) is 0 Å². The number of anilines is 2. The lowest BCUT2D eigenvalue weighted by molar-refractivity contribution is 0.102. The molecule has 3 aromatic carbocycles. The van der Waals surface area contributed by atoms with Crippen LogP contribution in [0.1, 0.15) is 27.9 Å². The lowest BCUT2D eigenvalue weighted by Gasteiger charge is -2.31. The number of carbonyl (C=O) groups excluding carboxylic acids is 1. The summed E-state index contributed by atoms with van der Waals surface area (Å²) in [6, 6.07) is 18.8. The van der Waals surface area contributed by atoms with E-state index in [0.29, 0.717) is 5.56 Å². The molecule has 0 saturated heterocycles. The summed E-state index contributed by atoms with van der Waals surface area (Å²) in [5, 5.41) is 2.48. The van der Waals surface area contributed by atoms with Gasteiger partial charge in [-0.15, -0.1) is 0 Å². The van der Waals surface area contributed by atoms with Crippen molar-refractivity contribution in [3.05, 3.63) is 95.1 Å². The Kier molecular flexibility index (Phi) is 5.06. The van der Waals surface area contributed by atoms with Crippen LogP contribution in [0.15, 0.2) is 66.7 Å². The summed E-state index contributed by atoms with van der Waals surface area (Å²) in [5.41, 5.74) is 4.11. The van der Waals surface area contributed by atoms with E-state index in [4.69, 9.17) is 0 Å². The highest BCUT2D eigenvalue weighted by atomic mass is 19.1. The van der Waals surface area contributed by atoms with Gasteiger partial charge < -0.3 is 10.2 Å². The number of aryl methyl sites for hydroxylation is 1. The zero-order chi connectivity index (χ0) is 19.5. The molecule has 3 aromatic rings. The van der Waals surface area contributed by atoms with Crippen LogP contribution in [0.25, 0.3) is 0 Å². The molecule has 1 amide bonds. The Balaban J connectivity index is 1.45. The third-order valence-corrected chi connectivity index (χ3v) is 4.98. The van der Waals surface area contributed by atoms with E-state index in [9.17, 15) is 13.6 Å². The molecule has 1 N–H and O–H groups in total. The van der Waals surface area contributed by atoms with Crippen molar-refractivity contribution in [2.75, 3.05) is 16.8 Å². The van der Waals surface area contributed by atoms with Crippen LogP contribution in [-0.2, 0) is 13.0 Å². The second kappa shape index (κ2) is 7.80. The van der Waals surface area contributed by atoms with Crippen LogP contribution in [-0.4, -0.2) is 12.5 Å². The van der Waals surface area contributed by atoms with Crippen molar-refractivity contribution in [3.8, 4) is 0 Å². The fourth-order valence-electron chi connectivity index (χ4n) is 3.54. The number of benzene rings is 3. The number of hydrogen-bond donors (Lipinski definition) is 1. The molecule has 0 spiro atoms. The molecular weight excluding hydrogens is 358 g/mol. The van der Waals surface area contributed by atoms with E-state index >= 15 is 0 Å². The van der Waals surface area contributed by atoms with Crippen molar-refractivity contribution in [1.29, 1.82) is 0 Å². The average molecular weight is 378 g/mol. The Morgan fingerprint density at radius 3 is 2.57 bits per heavy atom. The SMILES string of the molecule is O=C(Nc1ccc(F)cc1F)c1ccc(CN2CCCc3ccccc32)cc1. The molecule has 0 aromatic heterocycles. The maximum Gasteiger partial charge on any atom is 0.255 e. The van der Waals surface area contributed by atoms with E-state index in [1.165, 1.54) is 17.3 Å². The van der Waals surface area contributed by atoms with Gasteiger partial charge >= 0.3 is 0 Å². The molecule has 0 radical (unpaired) electrons. The largest absolute Gasteiger partial charge is 0.367 e. The number of nitrogens with zero attached hydrogens (tertiary/aromatic N) is 1. The van der Waals surface area contributed by atoms with Crippen LogP contribution in [0.5, 0.6) is 0 Å². The molecule has 1 heterocycles. The Bertz CT molecular complexity index is 1000. The first-order valence-electron chi connectivity index (χ1n) is 9.28. The molecule has 0 saturated carbocycles. The van der Waals surface area contributed by atoms with Gasteiger partial charge in [-0.05, 0) is 54.3 Å². The molecule has 0 unspecified atom stereocenters. The van der Waals surface area contributed by atoms with Crippen LogP contribution < -0.4 is 10.2 Å². The van der Waals surface area contributed by atoms with Gasteiger partial charge in [0.1, 0.15) is 11.6 Å². The molecule has 4 rings (SSSR count). The van der Waals surface area contributed by atoms with Crippen LogP contribution in [0.3, 0.4) is 0 Å². The van der Waals surface area contributed by atoms with Gasteiger partial charge in [0.2, 0.25) is 0 Å². The highest BCUT2D eigenvalue weighted by molar-refractivity contribution is 6.04. The summed E-state index contributed by atoms with van der Waals surface area (Å²) in [4.78, 5) is 14.7. The smallest absolute Gasteiger partial charge is 0.255 e. The van der Waals surface area contributed by atoms with Crippen molar-refractivity contribution >= 4 is 17.3 Å². The molecule has 0 bridgehead atoms. The maximum absolute atomic E-state index is 13.7. The number of fused-ring (bicyclic) bond motifs is 1. The van der Waals surface area contributed by atoms with Crippen molar-refractivity contribution < 1.29 is 13.6 Å². The number of nitrogens with one attached hydrogen (secondary N) is 1. The van der Waals surface area contributed by atoms with Gasteiger partial charge in [0.05, 0.1) is 5.69 Å². The zero-order valence-electron chi connectivity index (χ0n) is 15.3. The zero-order valence-corrected chi connectivity index (χ0v) is 15.3. The van der Waals surface area contributed by atoms with E-state index in [-0.39, 0.29) is 5.69 Å². The predicted molar refractivity (Wildman–Crippen MR) is 107 cm³/mol. The molecule has 0 aliphatic carbocycles. The number of rotatable bonds is 4. The number of para-hydroxylation sites is 1. The minimum absolute atomic E-state index is 0.0413. The summed E-state index contributed by atoms with van der Waals surface area (Å²) in [6.07, 6.45) is 2.23. The number of carbonyl (C=O) groups is 1. The molecule has 1 aliphatic heterocycles. The third kappa shape index (κ3) is 3.88. The van der Waals surface area contributed by atoms with Gasteiger partial charge in [-0.2, -0.15) is 0 Å². The quantitative estimate of drug-likeness (QED) is 0.679. The summed E-state index contributed by atoms with van der Waals surface area (Å²) in [6.45, 7) is 1.77. The Labute approximate surface area is 162 Å². The minimum Gasteiger partial charge on any atom is -0.367 e. The monoisotopic (exact) mass is 378 g/mol. The van der Waals surface area contributed by atoms with Gasteiger partial charge in [0.25, 0.3) is 5.91 Å². The van der Waals surface area contributed by atoms with Crippen LogP contribution in [0.2, 0.25) is 0 Å². The number of amides is 1. The first-order valence-corrected chi connectivity index (χ1v) is 9.28. The Hall–Kier alpha value is -3.21. The molecule has 142 valence electrons. The molecule has 3 nitrogen and oxygen atoms in total. The van der Waals surface area contributed by atoms with Crippen molar-refractivity contribution in [2.24, 2.45) is 0 Å². The highest BCUT2D eigenvalue weighted by Crippen LogP contribution is 2.28. The first kappa shape index (κ1) is 18.2. The molecule has 28 heavy (non-hydrogen) atoms. The fourth-order valence-corrected chi connectivity index (χ4v) is 3.54. The minimum atomic E-state index is -0.797. The maximum atomic E-state index is 13.7. The molecule has 1 aliphatic rings. The standard InChI is InChI=1S/C23H20F2N2O/c24-19-11-12-21(20(25)14-19)26-23(28)18-9-7-16(8-10-18)15-27-13-3-5-17-4-1-2-6-22(17)27/h1-2,4,6-12,14H,3,5,13,15H2,(H,26,28). The molecule has 0 fully saturated rings. The van der Waals surface area contributed by atoms with E-state index in [2.05, 4.69) is 34.5 Å². The van der Waals surface area contributed by atoms with Crippen LogP contribution in [0.4, 0.5) is 20.2 Å². The second-order valence-corrected chi connectivity index (χ2v) is 6.93. The van der Waals surface area contributed by atoms with Gasteiger partial charge in [-0.3, -0.25) is 4.79 Å². The normalized spacial score (nSPS) is 13.1. The summed E-state index contributed by atoms with van der Waals surface area (Å²) < 4.78 is 26.7. The Morgan fingerprint density at radius 1 is 1.00 bits per heavy atom. The first-order chi connectivity index (χ1) is 13.6. The highest BCUT2D eigenvalue weighted by Gasteiger charge is 2.16. The van der Waals surface area contributed by atoms with Crippen LogP contribution >= 0.6 is 0 Å². The lowest BCUT2D eigenvalue weighted by Crippen LogP contribution is -2.28. The second-order valence-electron chi connectivity index (χ2n) is 6.93. The van der Waals surface area contributed by atoms with E-state index in [1.54, 1.807) is 12.1 Å². The van der Waals surface area contributed by atoms with Gasteiger partial charge in [0, 0.05) is 30.4 Å². The summed E-state index contributed by atoms with van der Waals surface area (Å²) >= 11 is 0. The topological polar surface area (TPSA) is 32.3 Å². The molecule has 5 heteroatoms. The summed E-state index contributed by atoms with van der Waals surface area (Å²) in [7, 11) is 0. The van der Waals surface area contributed by atoms with Crippen molar-refractivity contribution in [2.45, 2.75) is 19.4 Å².